The van der Waals surface area contributed by atoms with Crippen LogP contribution in [0.15, 0.2) is 44.4 Å². The number of primary amides is 1. The highest BCUT2D eigenvalue weighted by molar-refractivity contribution is 9.10. The zero-order valence-electron chi connectivity index (χ0n) is 19.6. The number of carbonyl (C=O) groups excluding carboxylic acids is 2. The third-order valence-corrected chi connectivity index (χ3v) is 6.68. The molecule has 2 amide bonds. The lowest BCUT2D eigenvalue weighted by Crippen LogP contribution is -2.45. The van der Waals surface area contributed by atoms with E-state index in [1.807, 2.05) is 0 Å². The predicted molar refractivity (Wildman–Crippen MR) is 134 cm³/mol. The molecule has 0 unspecified atom stereocenters. The number of hydrogen-bond donors (Lipinski definition) is 3. The minimum absolute atomic E-state index is 0.0808. The summed E-state index contributed by atoms with van der Waals surface area (Å²) in [6, 6.07) is 8.04. The Morgan fingerprint density at radius 1 is 1.14 bits per heavy atom. The quantitative estimate of drug-likeness (QED) is 0.432. The number of phenols is 1. The van der Waals surface area contributed by atoms with Crippen LogP contribution < -0.4 is 21.7 Å². The van der Waals surface area contributed by atoms with E-state index in [1.165, 1.54) is 11.0 Å². The lowest BCUT2D eigenvalue weighted by molar-refractivity contribution is -0.123. The number of aromatic amines is 1. The molecule has 188 valence electrons. The van der Waals surface area contributed by atoms with Gasteiger partial charge < -0.3 is 20.5 Å². The smallest absolute Gasteiger partial charge is 0.349 e. The van der Waals surface area contributed by atoms with E-state index in [4.69, 9.17) is 10.5 Å². The number of H-pyrrole nitrogens is 1. The molecule has 2 heterocycles. The third kappa shape index (κ3) is 5.03. The summed E-state index contributed by atoms with van der Waals surface area (Å²) in [5.74, 6) is -0.240. The van der Waals surface area contributed by atoms with Crippen LogP contribution in [0.5, 0.6) is 17.2 Å². The molecular formula is C24H24BrN5O6. The first-order valence-electron chi connectivity index (χ1n) is 11.2. The maximum absolute atomic E-state index is 13.0. The zero-order valence-corrected chi connectivity index (χ0v) is 21.2. The van der Waals surface area contributed by atoms with E-state index in [-0.39, 0.29) is 24.8 Å². The van der Waals surface area contributed by atoms with Gasteiger partial charge in [-0.05, 0) is 84.1 Å². The highest BCUT2D eigenvalue weighted by Crippen LogP contribution is 2.34. The van der Waals surface area contributed by atoms with Crippen LogP contribution >= 0.6 is 15.9 Å². The second-order valence-corrected chi connectivity index (χ2v) is 9.47. The molecule has 0 saturated carbocycles. The molecular weight excluding hydrogens is 534 g/mol. The summed E-state index contributed by atoms with van der Waals surface area (Å²) in [6.07, 6.45) is 0.798. The second-order valence-electron chi connectivity index (χ2n) is 8.61. The van der Waals surface area contributed by atoms with Crippen LogP contribution in [0.1, 0.15) is 34.5 Å². The number of nitrogens with zero attached hydrogens (tertiary/aromatic N) is 3. The molecule has 0 bridgehead atoms. The molecule has 36 heavy (non-hydrogen) atoms. The van der Waals surface area contributed by atoms with Crippen LogP contribution in [-0.4, -0.2) is 49.7 Å². The number of aromatic hydroxyl groups is 1. The molecule has 0 radical (unpaired) electrons. The largest absolute Gasteiger partial charge is 0.507 e. The number of aromatic nitrogens is 3. The average molecular weight is 558 g/mol. The van der Waals surface area contributed by atoms with Crippen molar-refractivity contribution in [2.45, 2.75) is 26.7 Å². The van der Waals surface area contributed by atoms with Crippen LogP contribution in [-0.2, 0) is 4.79 Å². The molecule has 1 fully saturated rings. The molecule has 1 aromatic heterocycles. The third-order valence-electron chi connectivity index (χ3n) is 6.04. The molecule has 1 aliphatic heterocycles. The van der Waals surface area contributed by atoms with Crippen molar-refractivity contribution < 1.29 is 19.4 Å². The topological polar surface area (TPSA) is 161 Å². The lowest BCUT2D eigenvalue weighted by Gasteiger charge is -2.30. The SMILES string of the molecule is Cc1cc(-n2nc(C(=O)N3CCC(C(N)=O)CC3)c(=O)[nH]c2=O)cc(C)c1Oc1ccc(O)c(Br)c1. The fraction of sp³-hybridized carbons (Fsp3) is 0.292. The van der Waals surface area contributed by atoms with E-state index in [2.05, 4.69) is 26.0 Å². The number of nitrogens with one attached hydrogen (secondary N) is 1. The van der Waals surface area contributed by atoms with Gasteiger partial charge in [-0.15, -0.1) is 0 Å². The highest BCUT2D eigenvalue weighted by atomic mass is 79.9. The molecule has 11 nitrogen and oxygen atoms in total. The molecule has 1 aliphatic rings. The van der Waals surface area contributed by atoms with E-state index in [1.54, 1.807) is 38.1 Å². The normalized spacial score (nSPS) is 14.0. The van der Waals surface area contributed by atoms with Gasteiger partial charge in [0.2, 0.25) is 11.6 Å². The molecule has 0 aliphatic carbocycles. The summed E-state index contributed by atoms with van der Waals surface area (Å²) in [6.45, 7) is 4.08. The Bertz CT molecular complexity index is 1450. The van der Waals surface area contributed by atoms with Gasteiger partial charge in [-0.2, -0.15) is 9.78 Å². The number of halogens is 1. The molecule has 12 heteroatoms. The minimum atomic E-state index is -0.885. The minimum Gasteiger partial charge on any atom is -0.507 e. The van der Waals surface area contributed by atoms with Gasteiger partial charge >= 0.3 is 5.69 Å². The Morgan fingerprint density at radius 3 is 2.36 bits per heavy atom. The van der Waals surface area contributed by atoms with Crippen molar-refractivity contribution in [1.29, 1.82) is 0 Å². The van der Waals surface area contributed by atoms with E-state index < -0.39 is 28.8 Å². The van der Waals surface area contributed by atoms with E-state index >= 15 is 0 Å². The number of carbonyl (C=O) groups is 2. The number of nitrogens with two attached hydrogens (primary N) is 1. The van der Waals surface area contributed by atoms with Gasteiger partial charge in [0.15, 0.2) is 0 Å². The number of rotatable bonds is 5. The van der Waals surface area contributed by atoms with Crippen LogP contribution in [0.4, 0.5) is 0 Å². The Labute approximate surface area is 213 Å². The van der Waals surface area contributed by atoms with Gasteiger partial charge in [0, 0.05) is 19.0 Å². The predicted octanol–water partition coefficient (Wildman–Crippen LogP) is 2.14. The van der Waals surface area contributed by atoms with Crippen molar-refractivity contribution in [3.8, 4) is 22.9 Å². The van der Waals surface area contributed by atoms with Crippen LogP contribution in [0.3, 0.4) is 0 Å². The summed E-state index contributed by atoms with van der Waals surface area (Å²) in [5, 5.41) is 13.8. The summed E-state index contributed by atoms with van der Waals surface area (Å²) in [4.78, 5) is 53.0. The van der Waals surface area contributed by atoms with E-state index in [0.717, 1.165) is 4.68 Å². The molecule has 0 spiro atoms. The van der Waals surface area contributed by atoms with Crippen molar-refractivity contribution >= 4 is 27.7 Å². The van der Waals surface area contributed by atoms with Crippen molar-refractivity contribution in [2.24, 2.45) is 11.7 Å². The van der Waals surface area contributed by atoms with Crippen molar-refractivity contribution in [1.82, 2.24) is 19.7 Å². The first-order chi connectivity index (χ1) is 17.0. The monoisotopic (exact) mass is 557 g/mol. The summed E-state index contributed by atoms with van der Waals surface area (Å²) < 4.78 is 7.43. The number of phenolic OH excluding ortho intramolecular Hbond substituents is 1. The van der Waals surface area contributed by atoms with Crippen LogP contribution in [0.25, 0.3) is 5.69 Å². The summed E-state index contributed by atoms with van der Waals surface area (Å²) in [7, 11) is 0. The van der Waals surface area contributed by atoms with Crippen LogP contribution in [0.2, 0.25) is 0 Å². The van der Waals surface area contributed by atoms with E-state index in [9.17, 15) is 24.3 Å². The maximum Gasteiger partial charge on any atom is 0.349 e. The van der Waals surface area contributed by atoms with Gasteiger partial charge in [0.1, 0.15) is 17.2 Å². The number of piperidine rings is 1. The van der Waals surface area contributed by atoms with Gasteiger partial charge in [0.05, 0.1) is 10.2 Å². The maximum atomic E-state index is 13.0. The number of likely N-dealkylation sites (tertiary alicyclic amines) is 1. The number of amides is 2. The average Bonchev–Trinajstić information content (AvgIpc) is 2.83. The summed E-state index contributed by atoms with van der Waals surface area (Å²) >= 11 is 3.25. The highest BCUT2D eigenvalue weighted by Gasteiger charge is 2.29. The molecule has 4 rings (SSSR count). The Kier molecular flexibility index (Phi) is 6.97. The molecule has 0 atom stereocenters. The van der Waals surface area contributed by atoms with Gasteiger partial charge in [-0.25, -0.2) is 4.79 Å². The zero-order chi connectivity index (χ0) is 26.1. The number of ether oxygens (including phenoxy) is 1. The fourth-order valence-corrected chi connectivity index (χ4v) is 4.47. The van der Waals surface area contributed by atoms with Crippen molar-refractivity contribution in [3.63, 3.8) is 0 Å². The van der Waals surface area contributed by atoms with E-state index in [0.29, 0.717) is 45.6 Å². The number of benzene rings is 2. The fourth-order valence-electron chi connectivity index (χ4n) is 4.11. The number of hydrogen-bond acceptors (Lipinski definition) is 7. The first kappa shape index (κ1) is 25.2. The molecule has 3 aromatic rings. The standard InChI is InChI=1S/C24H24BrN5O6/c1-12-9-15(10-13(2)20(12)36-16-3-4-18(31)17(25)11-16)30-24(35)27-22(33)19(28-30)23(34)29-7-5-14(6-8-29)21(26)32/h3-4,9-11,14,31H,5-8H2,1-2H3,(H2,26,32)(H,27,33,35). The summed E-state index contributed by atoms with van der Waals surface area (Å²) in [5.41, 5.74) is 4.94. The number of aryl methyl sites for hydroxylation is 2. The lowest BCUT2D eigenvalue weighted by atomic mass is 9.96. The van der Waals surface area contributed by atoms with Gasteiger partial charge in [-0.1, -0.05) is 0 Å². The molecule has 2 aromatic carbocycles. The van der Waals surface area contributed by atoms with Crippen molar-refractivity contribution in [2.75, 3.05) is 13.1 Å². The Balaban J connectivity index is 1.64. The first-order valence-corrected chi connectivity index (χ1v) is 11.9. The van der Waals surface area contributed by atoms with Gasteiger partial charge in [-0.3, -0.25) is 19.4 Å². The van der Waals surface area contributed by atoms with Crippen LogP contribution in [0, 0.1) is 19.8 Å². The van der Waals surface area contributed by atoms with Gasteiger partial charge in [0.25, 0.3) is 11.5 Å². The molecule has 4 N–H and O–H groups in total. The van der Waals surface area contributed by atoms with Crippen molar-refractivity contribution in [3.05, 3.63) is 72.5 Å². The Morgan fingerprint density at radius 2 is 1.78 bits per heavy atom. The molecule has 1 saturated heterocycles. The second kappa shape index (κ2) is 9.97. The Hall–Kier alpha value is -3.93.